The quantitative estimate of drug-likeness (QED) is 0.0326. The van der Waals surface area contributed by atoms with Gasteiger partial charge in [0.25, 0.3) is 20.2 Å². The van der Waals surface area contributed by atoms with Crippen molar-refractivity contribution in [3.63, 3.8) is 0 Å². The SMILES string of the molecule is Nc1ccc2cc(S(=O)(=O)O)c(N=Nc3ccc(/C=C/c4ccc(N=Nc5c(S(=O)(=O)O)cc6ccc(N)cc6c5[O-])cc4S(=O)(=O)[O-])c(S(=O)(=O)[O-])c3)c([O-])c2c1.[Li+].[Li+].[Li+].[Li+]. The summed E-state index contributed by atoms with van der Waals surface area (Å²) < 4.78 is 142. The second kappa shape index (κ2) is 20.2. The molecule has 0 aliphatic carbocycles. The maximum absolute atomic E-state index is 13.1. The van der Waals surface area contributed by atoms with E-state index in [1.165, 1.54) is 36.4 Å². The predicted octanol–water partition coefficient (Wildman–Crippen LogP) is -7.38. The van der Waals surface area contributed by atoms with Gasteiger partial charge in [0, 0.05) is 11.4 Å². The Morgan fingerprint density at radius 1 is 0.468 bits per heavy atom. The van der Waals surface area contributed by atoms with E-state index >= 15 is 0 Å². The molecule has 0 amide bonds. The van der Waals surface area contributed by atoms with E-state index in [1.807, 2.05) is 0 Å². The molecule has 28 heteroatoms. The van der Waals surface area contributed by atoms with E-state index < -0.39 is 94.3 Å². The molecule has 0 fully saturated rings. The van der Waals surface area contributed by atoms with E-state index in [2.05, 4.69) is 20.5 Å². The van der Waals surface area contributed by atoms with Crippen LogP contribution >= 0.6 is 0 Å². The Labute approximate surface area is 401 Å². The Morgan fingerprint density at radius 2 is 0.806 bits per heavy atom. The minimum absolute atomic E-state index is 0. The average Bonchev–Trinajstić information content (AvgIpc) is 3.12. The van der Waals surface area contributed by atoms with E-state index in [4.69, 9.17) is 11.5 Å². The van der Waals surface area contributed by atoms with Gasteiger partial charge in [-0.1, -0.05) is 47.9 Å². The van der Waals surface area contributed by atoms with Crippen LogP contribution in [0, 0.1) is 0 Å². The maximum Gasteiger partial charge on any atom is 1.00 e. The van der Waals surface area contributed by atoms with Crippen molar-refractivity contribution in [1.29, 1.82) is 0 Å². The molecule has 0 spiro atoms. The van der Waals surface area contributed by atoms with Crippen molar-refractivity contribution in [2.75, 3.05) is 11.5 Å². The van der Waals surface area contributed by atoms with Crippen LogP contribution < -0.4 is 97.1 Å². The van der Waals surface area contributed by atoms with Crippen LogP contribution in [0.3, 0.4) is 0 Å². The Hall–Kier alpha value is -3.99. The van der Waals surface area contributed by atoms with Gasteiger partial charge in [0.05, 0.1) is 32.5 Å². The van der Waals surface area contributed by atoms with E-state index in [0.29, 0.717) is 12.1 Å². The summed E-state index contributed by atoms with van der Waals surface area (Å²) in [5.74, 6) is -2.02. The Morgan fingerprint density at radius 3 is 1.11 bits per heavy atom. The first-order valence-electron chi connectivity index (χ1n) is 15.6. The van der Waals surface area contributed by atoms with Crippen molar-refractivity contribution in [2.24, 2.45) is 20.5 Å². The first-order chi connectivity index (χ1) is 26.9. The Balaban J connectivity index is 0.00000331. The van der Waals surface area contributed by atoms with Gasteiger partial charge in [-0.25, -0.2) is 16.8 Å². The summed E-state index contributed by atoms with van der Waals surface area (Å²) in [5.41, 5.74) is 8.49. The molecular weight excluding hydrogens is 872 g/mol. The van der Waals surface area contributed by atoms with Gasteiger partial charge < -0.3 is 30.8 Å². The van der Waals surface area contributed by atoms with Crippen LogP contribution in [0.1, 0.15) is 11.1 Å². The van der Waals surface area contributed by atoms with Crippen molar-refractivity contribution >= 4 is 108 Å². The van der Waals surface area contributed by atoms with Gasteiger partial charge in [0.2, 0.25) is 0 Å². The van der Waals surface area contributed by atoms with Crippen LogP contribution in [-0.4, -0.2) is 51.9 Å². The van der Waals surface area contributed by atoms with Gasteiger partial charge in [-0.05, 0) is 93.3 Å². The number of benzene rings is 6. The fourth-order valence-corrected chi connectivity index (χ4v) is 8.23. The zero-order chi connectivity index (χ0) is 42.5. The molecule has 0 heterocycles. The molecule has 6 aromatic rings. The number of anilines is 2. The first-order valence-corrected chi connectivity index (χ1v) is 21.3. The predicted molar refractivity (Wildman–Crippen MR) is 201 cm³/mol. The van der Waals surface area contributed by atoms with Crippen LogP contribution in [0.5, 0.6) is 11.5 Å². The number of rotatable bonds is 10. The van der Waals surface area contributed by atoms with Gasteiger partial charge in [0.15, 0.2) is 0 Å². The van der Waals surface area contributed by atoms with E-state index in [-0.39, 0.29) is 119 Å². The Bertz CT molecular complexity index is 3080. The average molecular weight is 895 g/mol. The molecule has 0 unspecified atom stereocenters. The third-order valence-corrected chi connectivity index (χ3v) is 11.7. The van der Waals surface area contributed by atoms with Crippen LogP contribution in [0.4, 0.5) is 34.1 Å². The molecule has 0 radical (unpaired) electrons. The van der Waals surface area contributed by atoms with Crippen molar-refractivity contribution in [1.82, 2.24) is 0 Å². The summed E-state index contributed by atoms with van der Waals surface area (Å²) in [7, 11) is -20.8. The third kappa shape index (κ3) is 12.0. The summed E-state index contributed by atoms with van der Waals surface area (Å²) in [4.78, 5) is -3.77. The fraction of sp³-hybridized carbons (Fsp3) is 0. The zero-order valence-corrected chi connectivity index (χ0v) is 35.9. The molecule has 20 nitrogen and oxygen atoms in total. The molecule has 0 saturated carbocycles. The van der Waals surface area contributed by atoms with Gasteiger partial charge in [-0.2, -0.15) is 27.1 Å². The van der Waals surface area contributed by atoms with Gasteiger partial charge in [0.1, 0.15) is 30.0 Å². The van der Waals surface area contributed by atoms with Crippen molar-refractivity contribution in [3.05, 3.63) is 96.1 Å². The monoisotopic (exact) mass is 894 g/mol. The van der Waals surface area contributed by atoms with Crippen molar-refractivity contribution < 1.29 is 138 Å². The summed E-state index contributed by atoms with van der Waals surface area (Å²) >= 11 is 0. The molecule has 0 bridgehead atoms. The fourth-order valence-electron chi connectivity index (χ4n) is 5.55. The number of hydrogen-bond donors (Lipinski definition) is 4. The van der Waals surface area contributed by atoms with E-state index in [0.717, 1.165) is 48.6 Å². The molecule has 6 aromatic carbocycles. The first kappa shape index (κ1) is 54.1. The van der Waals surface area contributed by atoms with Crippen molar-refractivity contribution in [3.8, 4) is 11.5 Å². The third-order valence-electron chi connectivity index (χ3n) is 8.18. The van der Waals surface area contributed by atoms with Crippen LogP contribution in [0.25, 0.3) is 33.7 Å². The van der Waals surface area contributed by atoms with Gasteiger partial charge >= 0.3 is 75.4 Å². The second-order valence-corrected chi connectivity index (χ2v) is 17.6. The van der Waals surface area contributed by atoms with Crippen LogP contribution in [-0.2, 0) is 40.5 Å². The van der Waals surface area contributed by atoms with Gasteiger partial charge in [-0.15, -0.1) is 10.2 Å². The molecule has 0 aliphatic heterocycles. The minimum atomic E-state index is -5.34. The molecule has 6 N–H and O–H groups in total. The van der Waals surface area contributed by atoms with Crippen LogP contribution in [0.2, 0.25) is 0 Å². The molecule has 6 rings (SSSR count). The number of hydrogen-bond acceptors (Lipinski definition) is 18. The number of nitrogen functional groups attached to an aromatic ring is 2. The maximum atomic E-state index is 13.1. The van der Waals surface area contributed by atoms with Gasteiger partial charge in [-0.3, -0.25) is 9.11 Å². The molecular formula is C34H22Li4N6O14S4. The molecule has 0 aromatic heterocycles. The molecule has 62 heavy (non-hydrogen) atoms. The largest absolute Gasteiger partial charge is 1.00 e. The smallest absolute Gasteiger partial charge is 0.871 e. The molecule has 0 atom stereocenters. The van der Waals surface area contributed by atoms with E-state index in [9.17, 15) is 62.1 Å². The number of fused-ring (bicyclic) bond motifs is 2. The summed E-state index contributed by atoms with van der Waals surface area (Å²) in [6, 6.07) is 15.3. The topological polar surface area (TPSA) is 371 Å². The number of azo groups is 2. The molecule has 0 saturated heterocycles. The Kier molecular flexibility index (Phi) is 17.7. The number of nitrogens with two attached hydrogens (primary N) is 2. The van der Waals surface area contributed by atoms with Crippen molar-refractivity contribution in [2.45, 2.75) is 19.6 Å². The number of nitrogens with zero attached hydrogens (tertiary/aromatic N) is 4. The molecule has 0 aliphatic rings. The minimum Gasteiger partial charge on any atom is -0.871 e. The summed E-state index contributed by atoms with van der Waals surface area (Å²) in [5, 5.41) is 40.9. The normalized spacial score (nSPS) is 12.3. The molecule has 300 valence electrons. The zero-order valence-electron chi connectivity index (χ0n) is 32.6. The van der Waals surface area contributed by atoms with Crippen LogP contribution in [0.15, 0.2) is 125 Å². The van der Waals surface area contributed by atoms with E-state index in [1.54, 1.807) is 0 Å². The second-order valence-electron chi connectivity index (χ2n) is 12.1. The summed E-state index contributed by atoms with van der Waals surface area (Å²) in [6.07, 6.45) is 1.89. The summed E-state index contributed by atoms with van der Waals surface area (Å²) in [6.45, 7) is 0. The standard InChI is InChI=1S/C34H26N6O14S4.4Li/c35-21-7-3-19-11-29(57(49,50)51)31(33(41)25(19)13-21)39-37-23-9-5-17(27(15-23)55(43,44)45)1-2-18-6-10-24(16-28(18)56(46,47)48)38-40-32-30(58(52,53)54)12-20-4-8-22(36)14-26(20)34(32)42;;;;/h1-16,41-42H,35-36H2,(H,43,44,45)(H,46,47,48)(H,49,50,51)(H,52,53,54);;;;/q;4*+1/p-4/b2-1+,39-37?,40-38?;;;;.